The van der Waals surface area contributed by atoms with Gasteiger partial charge in [-0.1, -0.05) is 70.5 Å². The molecule has 0 saturated carbocycles. The van der Waals surface area contributed by atoms with Crippen molar-refractivity contribution in [2.45, 2.75) is 117 Å². The zero-order chi connectivity index (χ0) is 41.8. The minimum Gasteiger partial charge on any atom is -0.456 e. The van der Waals surface area contributed by atoms with Crippen LogP contribution in [-0.2, 0) is 27.9 Å². The molecular formula is C43H53B3BrFO8. The molecule has 0 bridgehead atoms. The third-order valence-corrected chi connectivity index (χ3v) is 12.7. The summed E-state index contributed by atoms with van der Waals surface area (Å²) in [7, 11) is -2.33. The molecule has 6 aromatic rings. The molecule has 0 N–H and O–H groups in total. The standard InChI is InChI=1S/C18H19BO3.C12H24B2O4.C12H7BrO.CH3F/c1-17(2)18(3,4)22-19(21-17)13-9-7-11-15-16(13)12-8-5-6-10-14(12)20-15;1-9(2)10(3,4)16-13(15-9)14-17-11(5,6)12(7,8)18-14;13-9-5-3-7-11-12(9)8-4-1-2-6-10(8)14-11;1-2/h5-11H,1-4H3;1-8H3;1-7H;1H3/i;;;1D. The van der Waals surface area contributed by atoms with E-state index in [0.717, 1.165) is 53.8 Å². The lowest BCUT2D eigenvalue weighted by atomic mass is 9.49. The van der Waals surface area contributed by atoms with Crippen molar-refractivity contribution in [3.63, 3.8) is 0 Å². The van der Waals surface area contributed by atoms with E-state index in [1.807, 2.05) is 122 Å². The lowest BCUT2D eigenvalue weighted by Crippen LogP contribution is -2.41. The average Bonchev–Trinajstić information content (AvgIpc) is 3.86. The van der Waals surface area contributed by atoms with E-state index in [1.54, 1.807) is 0 Å². The van der Waals surface area contributed by atoms with E-state index >= 15 is 0 Å². The summed E-state index contributed by atoms with van der Waals surface area (Å²) in [4.78, 5) is 0. The highest BCUT2D eigenvalue weighted by Gasteiger charge is 2.63. The predicted molar refractivity (Wildman–Crippen MR) is 230 cm³/mol. The van der Waals surface area contributed by atoms with Crippen molar-refractivity contribution < 1.29 is 42.5 Å². The van der Waals surface area contributed by atoms with Crippen LogP contribution in [0.1, 0.15) is 84.5 Å². The normalized spacial score (nSPS) is 21.3. The molecule has 5 heterocycles. The van der Waals surface area contributed by atoms with Crippen molar-refractivity contribution in [3.8, 4) is 0 Å². The largest absolute Gasteiger partial charge is 0.495 e. The Morgan fingerprint density at radius 2 is 0.804 bits per heavy atom. The Morgan fingerprint density at radius 1 is 0.464 bits per heavy atom. The molecule has 3 aliphatic heterocycles. The van der Waals surface area contributed by atoms with Crippen LogP contribution >= 0.6 is 15.9 Å². The maximum atomic E-state index is 9.96. The number of alkyl halides is 1. The Balaban J connectivity index is 0.000000143. The number of furan rings is 2. The predicted octanol–water partition coefficient (Wildman–Crippen LogP) is 11.1. The number of benzene rings is 4. The van der Waals surface area contributed by atoms with E-state index in [4.69, 9.17) is 38.1 Å². The number of hydrogen-bond acceptors (Lipinski definition) is 8. The molecule has 0 radical (unpaired) electrons. The summed E-state index contributed by atoms with van der Waals surface area (Å²) in [6.45, 7) is 24.5. The molecule has 13 heteroatoms. The molecular weight excluding hydrogens is 776 g/mol. The fraction of sp³-hybridized carbons (Fsp3) is 0.442. The van der Waals surface area contributed by atoms with Gasteiger partial charge >= 0.3 is 21.1 Å². The van der Waals surface area contributed by atoms with Crippen LogP contribution in [-0.4, -0.2) is 61.9 Å². The van der Waals surface area contributed by atoms with Crippen molar-refractivity contribution in [3.05, 3.63) is 89.4 Å². The quantitative estimate of drug-likeness (QED) is 0.160. The second kappa shape index (κ2) is 15.2. The second-order valence-corrected chi connectivity index (χ2v) is 18.2. The molecule has 2 aromatic heterocycles. The van der Waals surface area contributed by atoms with E-state index in [0.29, 0.717) is 0 Å². The molecule has 0 unspecified atom stereocenters. The van der Waals surface area contributed by atoms with E-state index in [-0.39, 0.29) is 40.7 Å². The summed E-state index contributed by atoms with van der Waals surface area (Å²) in [5.74, 6) is 0. The number of rotatable bonds is 2. The Kier molecular flexibility index (Phi) is 11.1. The molecule has 9 rings (SSSR count). The first-order chi connectivity index (χ1) is 26.5. The zero-order valence-corrected chi connectivity index (χ0v) is 36.1. The van der Waals surface area contributed by atoms with Gasteiger partial charge in [-0.2, -0.15) is 0 Å². The van der Waals surface area contributed by atoms with Crippen molar-refractivity contribution in [2.75, 3.05) is 7.15 Å². The van der Waals surface area contributed by atoms with E-state index in [2.05, 4.69) is 61.8 Å². The topological polar surface area (TPSA) is 81.7 Å². The van der Waals surface area contributed by atoms with Crippen LogP contribution in [0.5, 0.6) is 0 Å². The fourth-order valence-electron chi connectivity index (χ4n) is 6.70. The molecule has 296 valence electrons. The Bertz CT molecular complexity index is 2280. The summed E-state index contributed by atoms with van der Waals surface area (Å²) in [5, 5.41) is 4.50. The van der Waals surface area contributed by atoms with Crippen molar-refractivity contribution in [2.24, 2.45) is 0 Å². The van der Waals surface area contributed by atoms with E-state index < -0.39 is 21.2 Å². The maximum Gasteiger partial charge on any atom is 0.495 e. The number of hydrogen-bond donors (Lipinski definition) is 0. The first-order valence-corrected chi connectivity index (χ1v) is 19.7. The smallest absolute Gasteiger partial charge is 0.456 e. The lowest BCUT2D eigenvalue weighted by molar-refractivity contribution is 0.00578. The highest BCUT2D eigenvalue weighted by Crippen LogP contribution is 2.43. The van der Waals surface area contributed by atoms with Gasteiger partial charge in [0, 0.05) is 26.0 Å². The molecule has 0 aliphatic carbocycles. The SMILES string of the molecule is Brc1cccc2oc3ccccc3c12.CC1(C)OB(B2OC(C)(C)C(C)(C)O2)OC1(C)C.CC1(C)OB(c2cccc3oc4ccccc4c23)OC1(C)C.[2H]CF. The monoisotopic (exact) mass is 829 g/mol. The van der Waals surface area contributed by atoms with Crippen LogP contribution in [0, 0.1) is 0 Å². The van der Waals surface area contributed by atoms with Gasteiger partial charge in [-0.3, -0.25) is 4.39 Å². The molecule has 0 spiro atoms. The number of fused-ring (bicyclic) bond motifs is 6. The molecule has 8 nitrogen and oxygen atoms in total. The van der Waals surface area contributed by atoms with Gasteiger partial charge in [-0.15, -0.1) is 0 Å². The Morgan fingerprint density at radius 3 is 1.25 bits per heavy atom. The van der Waals surface area contributed by atoms with Gasteiger partial charge in [-0.25, -0.2) is 0 Å². The van der Waals surface area contributed by atoms with Crippen molar-refractivity contribution in [1.29, 1.82) is 0 Å². The van der Waals surface area contributed by atoms with Gasteiger partial charge in [0.1, 0.15) is 22.3 Å². The van der Waals surface area contributed by atoms with Gasteiger partial charge in [0.2, 0.25) is 0 Å². The molecule has 3 fully saturated rings. The summed E-state index contributed by atoms with van der Waals surface area (Å²) in [6.07, 6.45) is 0. The van der Waals surface area contributed by atoms with Gasteiger partial charge in [0.15, 0.2) is 0 Å². The summed E-state index contributed by atoms with van der Waals surface area (Å²) in [5.41, 5.74) is 2.52. The molecule has 4 aromatic carbocycles. The van der Waals surface area contributed by atoms with Crippen molar-refractivity contribution in [1.82, 2.24) is 0 Å². The fourth-order valence-corrected chi connectivity index (χ4v) is 7.26. The molecule has 0 amide bonds. The number of para-hydroxylation sites is 2. The minimum atomic E-state index is -1.00. The van der Waals surface area contributed by atoms with Crippen LogP contribution in [0.15, 0.2) is 98.2 Å². The third-order valence-electron chi connectivity index (χ3n) is 12.1. The van der Waals surface area contributed by atoms with Crippen LogP contribution in [0.25, 0.3) is 43.9 Å². The average molecular weight is 830 g/mol. The lowest BCUT2D eigenvalue weighted by Gasteiger charge is -2.32. The summed E-state index contributed by atoms with van der Waals surface area (Å²) < 4.78 is 64.5. The Labute approximate surface area is 341 Å². The zero-order valence-electron chi connectivity index (χ0n) is 35.5. The van der Waals surface area contributed by atoms with Crippen molar-refractivity contribution >= 4 is 86.4 Å². The minimum absolute atomic E-state index is 0.348. The molecule has 3 aliphatic rings. The van der Waals surface area contributed by atoms with Gasteiger partial charge in [0.25, 0.3) is 0 Å². The molecule has 0 atom stereocenters. The first kappa shape index (κ1) is 41.0. The third kappa shape index (κ3) is 7.73. The second-order valence-electron chi connectivity index (χ2n) is 17.4. The maximum absolute atomic E-state index is 9.96. The number of halogens is 2. The molecule has 3 saturated heterocycles. The summed E-state index contributed by atoms with van der Waals surface area (Å²) in [6, 6.07) is 28.2. The van der Waals surface area contributed by atoms with Crippen LogP contribution in [0.3, 0.4) is 0 Å². The molecule has 56 heavy (non-hydrogen) atoms. The van der Waals surface area contributed by atoms with Crippen LogP contribution < -0.4 is 5.46 Å². The summed E-state index contributed by atoms with van der Waals surface area (Å²) >= 11 is 3.54. The van der Waals surface area contributed by atoms with Crippen LogP contribution in [0.4, 0.5) is 4.39 Å². The van der Waals surface area contributed by atoms with Gasteiger partial charge < -0.3 is 36.8 Å². The van der Waals surface area contributed by atoms with E-state index in [1.165, 1.54) is 0 Å². The van der Waals surface area contributed by atoms with E-state index in [9.17, 15) is 4.39 Å². The van der Waals surface area contributed by atoms with Gasteiger partial charge in [0.05, 0.1) is 42.1 Å². The first-order valence-electron chi connectivity index (χ1n) is 19.6. The van der Waals surface area contributed by atoms with Crippen LogP contribution in [0.2, 0.25) is 0 Å². The highest BCUT2D eigenvalue weighted by molar-refractivity contribution is 9.10. The highest BCUT2D eigenvalue weighted by atomic mass is 79.9. The Hall–Kier alpha value is -3.16. The van der Waals surface area contributed by atoms with Gasteiger partial charge in [-0.05, 0) is 119 Å².